The predicted molar refractivity (Wildman–Crippen MR) is 99.1 cm³/mol. The van der Waals surface area contributed by atoms with Gasteiger partial charge in [-0.05, 0) is 43.9 Å². The van der Waals surface area contributed by atoms with E-state index in [0.29, 0.717) is 12.1 Å². The zero-order valence-electron chi connectivity index (χ0n) is 15.1. The van der Waals surface area contributed by atoms with Gasteiger partial charge in [-0.3, -0.25) is 9.59 Å². The van der Waals surface area contributed by atoms with Gasteiger partial charge in [0.15, 0.2) is 0 Å². The zero-order valence-corrected chi connectivity index (χ0v) is 15.1. The second kappa shape index (κ2) is 7.90. The van der Waals surface area contributed by atoms with Gasteiger partial charge in [0.05, 0.1) is 5.52 Å². The Bertz CT molecular complexity index is 826. The topological polar surface area (TPSA) is 112 Å². The van der Waals surface area contributed by atoms with E-state index in [1.54, 1.807) is 37.6 Å². The van der Waals surface area contributed by atoms with Gasteiger partial charge < -0.3 is 25.6 Å². The molecule has 0 aliphatic rings. The molecule has 0 aliphatic carbocycles. The van der Waals surface area contributed by atoms with Crippen LogP contribution >= 0.6 is 0 Å². The number of carboxylic acid groups (broad SMARTS) is 1. The maximum atomic E-state index is 12.2. The molecule has 0 spiro atoms. The largest absolute Gasteiger partial charge is 0.481 e. The van der Waals surface area contributed by atoms with E-state index in [2.05, 4.69) is 16.0 Å². The van der Waals surface area contributed by atoms with Crippen LogP contribution in [0.5, 0.6) is 0 Å². The molecule has 0 saturated carbocycles. The number of hydrogen-bond acceptors (Lipinski definition) is 3. The molecule has 0 unspecified atom stereocenters. The van der Waals surface area contributed by atoms with Crippen LogP contribution in [0.2, 0.25) is 0 Å². The van der Waals surface area contributed by atoms with Crippen LogP contribution in [0.1, 0.15) is 26.7 Å². The third-order valence-electron chi connectivity index (χ3n) is 4.04. The number of carbonyl (C=O) groups excluding carboxylic acids is 2. The van der Waals surface area contributed by atoms with E-state index in [9.17, 15) is 14.4 Å². The summed E-state index contributed by atoms with van der Waals surface area (Å²) in [6.45, 7) is 3.73. The highest BCUT2D eigenvalue weighted by atomic mass is 16.4. The molecule has 0 atom stereocenters. The quantitative estimate of drug-likeness (QED) is 0.606. The van der Waals surface area contributed by atoms with Gasteiger partial charge in [0.2, 0.25) is 5.91 Å². The first kappa shape index (κ1) is 19.3. The van der Waals surface area contributed by atoms with Gasteiger partial charge in [-0.1, -0.05) is 6.07 Å². The van der Waals surface area contributed by atoms with E-state index >= 15 is 0 Å². The van der Waals surface area contributed by atoms with Crippen molar-refractivity contribution in [1.82, 2.24) is 15.2 Å². The second-order valence-corrected chi connectivity index (χ2v) is 6.75. The molecular formula is C18H24N4O4. The third-order valence-corrected chi connectivity index (χ3v) is 4.04. The number of nitrogens with one attached hydrogen (secondary N) is 3. The Kier molecular flexibility index (Phi) is 5.86. The minimum absolute atomic E-state index is 0.0216. The van der Waals surface area contributed by atoms with Crippen molar-refractivity contribution >= 4 is 34.5 Å². The van der Waals surface area contributed by atoms with Crippen LogP contribution in [-0.2, 0) is 16.1 Å². The van der Waals surface area contributed by atoms with Crippen LogP contribution in [0.3, 0.4) is 0 Å². The number of hydrogen-bond donors (Lipinski definition) is 4. The minimum atomic E-state index is -0.900. The number of urea groups is 1. The third kappa shape index (κ3) is 5.23. The van der Waals surface area contributed by atoms with Crippen LogP contribution in [0.15, 0.2) is 30.5 Å². The molecule has 1 heterocycles. The fraction of sp³-hybridized carbons (Fsp3) is 0.389. The summed E-state index contributed by atoms with van der Waals surface area (Å²) in [4.78, 5) is 34.5. The van der Waals surface area contributed by atoms with E-state index in [4.69, 9.17) is 5.11 Å². The fourth-order valence-electron chi connectivity index (χ4n) is 2.58. The van der Waals surface area contributed by atoms with Gasteiger partial charge >= 0.3 is 12.0 Å². The number of benzene rings is 1. The summed E-state index contributed by atoms with van der Waals surface area (Å²) in [5, 5.41) is 17.8. The zero-order chi connectivity index (χ0) is 19.3. The number of carbonyl (C=O) groups is 3. The summed E-state index contributed by atoms with van der Waals surface area (Å²) in [5.74, 6) is -1.01. The highest BCUT2D eigenvalue weighted by Crippen LogP contribution is 2.21. The standard InChI is InChI=1S/C18H24N4O4/c1-18(2,8-6-16(24)25)21-17(26)20-13-5-4-12-7-9-22(14(12)10-13)11-15(23)19-3/h4-5,7,9-10H,6,8,11H2,1-3H3,(H,19,23)(H,24,25)(H2,20,21,26). The number of aromatic nitrogens is 1. The fourth-order valence-corrected chi connectivity index (χ4v) is 2.58. The summed E-state index contributed by atoms with van der Waals surface area (Å²) >= 11 is 0. The number of aliphatic carboxylic acids is 1. The Morgan fingerprint density at radius 1 is 1.19 bits per heavy atom. The first-order valence-corrected chi connectivity index (χ1v) is 8.30. The molecule has 8 nitrogen and oxygen atoms in total. The van der Waals surface area contributed by atoms with Gasteiger partial charge in [0.1, 0.15) is 6.54 Å². The first-order chi connectivity index (χ1) is 12.2. The van der Waals surface area contributed by atoms with Crippen molar-refractivity contribution in [2.75, 3.05) is 12.4 Å². The van der Waals surface area contributed by atoms with Crippen molar-refractivity contribution in [2.45, 2.75) is 38.8 Å². The maximum Gasteiger partial charge on any atom is 0.319 e. The predicted octanol–water partition coefficient (Wildman–Crippen LogP) is 2.15. The van der Waals surface area contributed by atoms with E-state index in [-0.39, 0.29) is 18.9 Å². The Morgan fingerprint density at radius 3 is 2.58 bits per heavy atom. The lowest BCUT2D eigenvalue weighted by Crippen LogP contribution is -2.45. The van der Waals surface area contributed by atoms with Crippen molar-refractivity contribution in [1.29, 1.82) is 0 Å². The van der Waals surface area contributed by atoms with Crippen molar-refractivity contribution < 1.29 is 19.5 Å². The molecule has 3 amide bonds. The smallest absolute Gasteiger partial charge is 0.319 e. The maximum absolute atomic E-state index is 12.2. The highest BCUT2D eigenvalue weighted by molar-refractivity contribution is 5.93. The van der Waals surface area contributed by atoms with E-state index in [1.807, 2.05) is 18.3 Å². The molecule has 0 radical (unpaired) electrons. The Hall–Kier alpha value is -3.03. The molecule has 1 aromatic carbocycles. The molecule has 0 fully saturated rings. The molecule has 140 valence electrons. The average molecular weight is 360 g/mol. The highest BCUT2D eigenvalue weighted by Gasteiger charge is 2.21. The van der Waals surface area contributed by atoms with Crippen LogP contribution in [0.25, 0.3) is 10.9 Å². The number of fused-ring (bicyclic) bond motifs is 1. The monoisotopic (exact) mass is 360 g/mol. The molecule has 8 heteroatoms. The summed E-state index contributed by atoms with van der Waals surface area (Å²) in [6.07, 6.45) is 2.12. The second-order valence-electron chi connectivity index (χ2n) is 6.75. The van der Waals surface area contributed by atoms with E-state index in [0.717, 1.165) is 10.9 Å². The van der Waals surface area contributed by atoms with Crippen molar-refractivity contribution in [3.8, 4) is 0 Å². The lowest BCUT2D eigenvalue weighted by molar-refractivity contribution is -0.137. The number of rotatable bonds is 7. The molecular weight excluding hydrogens is 336 g/mol. The lowest BCUT2D eigenvalue weighted by atomic mass is 9.99. The number of carboxylic acids is 1. The number of amides is 3. The van der Waals surface area contributed by atoms with Crippen LogP contribution in [0.4, 0.5) is 10.5 Å². The summed E-state index contributed by atoms with van der Waals surface area (Å²) < 4.78 is 1.80. The van der Waals surface area contributed by atoms with Gasteiger partial charge in [0.25, 0.3) is 0 Å². The van der Waals surface area contributed by atoms with E-state index < -0.39 is 17.5 Å². The SMILES string of the molecule is CNC(=O)Cn1ccc2ccc(NC(=O)NC(C)(C)CCC(=O)O)cc21. The van der Waals surface area contributed by atoms with Crippen LogP contribution in [0, 0.1) is 0 Å². The average Bonchev–Trinajstić information content (AvgIpc) is 2.94. The van der Waals surface area contributed by atoms with Crippen LogP contribution < -0.4 is 16.0 Å². The van der Waals surface area contributed by atoms with Gasteiger partial charge in [-0.2, -0.15) is 0 Å². The van der Waals surface area contributed by atoms with Crippen molar-refractivity contribution in [3.63, 3.8) is 0 Å². The Labute approximate surface area is 151 Å². The summed E-state index contributed by atoms with van der Waals surface area (Å²) in [7, 11) is 1.58. The molecule has 4 N–H and O–H groups in total. The van der Waals surface area contributed by atoms with Gasteiger partial charge in [-0.15, -0.1) is 0 Å². The lowest BCUT2D eigenvalue weighted by Gasteiger charge is -2.25. The summed E-state index contributed by atoms with van der Waals surface area (Å²) in [5.41, 5.74) is 0.767. The number of nitrogens with zero attached hydrogens (tertiary/aromatic N) is 1. The molecule has 1 aromatic heterocycles. The Balaban J connectivity index is 2.07. The van der Waals surface area contributed by atoms with Gasteiger partial charge in [0, 0.05) is 30.9 Å². The van der Waals surface area contributed by atoms with E-state index in [1.165, 1.54) is 0 Å². The molecule has 0 bridgehead atoms. The molecule has 26 heavy (non-hydrogen) atoms. The number of likely N-dealkylation sites (N-methyl/N-ethyl adjacent to an activating group) is 1. The summed E-state index contributed by atoms with van der Waals surface area (Å²) in [6, 6.07) is 6.92. The van der Waals surface area contributed by atoms with Gasteiger partial charge in [-0.25, -0.2) is 4.79 Å². The normalized spacial score (nSPS) is 11.2. The number of anilines is 1. The van der Waals surface area contributed by atoms with Crippen LogP contribution in [-0.4, -0.2) is 40.2 Å². The molecule has 2 aromatic rings. The minimum Gasteiger partial charge on any atom is -0.481 e. The molecule has 0 saturated heterocycles. The Morgan fingerprint density at radius 2 is 1.92 bits per heavy atom. The van der Waals surface area contributed by atoms with Crippen molar-refractivity contribution in [3.05, 3.63) is 30.5 Å². The molecule has 0 aliphatic heterocycles. The molecule has 2 rings (SSSR count). The first-order valence-electron chi connectivity index (χ1n) is 8.30. The van der Waals surface area contributed by atoms with Crippen molar-refractivity contribution in [2.24, 2.45) is 0 Å².